The Morgan fingerprint density at radius 2 is 1.79 bits per heavy atom. The summed E-state index contributed by atoms with van der Waals surface area (Å²) in [5.41, 5.74) is 0.470. The van der Waals surface area contributed by atoms with E-state index in [4.69, 9.17) is 4.74 Å². The molecule has 1 aliphatic heterocycles. The van der Waals surface area contributed by atoms with E-state index >= 15 is 0 Å². The highest BCUT2D eigenvalue weighted by Gasteiger charge is 2.67. The van der Waals surface area contributed by atoms with Crippen molar-refractivity contribution in [2.45, 2.75) is 36.0 Å². The lowest BCUT2D eigenvalue weighted by Crippen LogP contribution is -2.45. The van der Waals surface area contributed by atoms with Gasteiger partial charge in [0.2, 0.25) is 11.8 Å². The number of alkyl halides is 2. The van der Waals surface area contributed by atoms with E-state index in [-0.39, 0.29) is 44.7 Å². The van der Waals surface area contributed by atoms with Crippen LogP contribution in [0.2, 0.25) is 0 Å². The Bertz CT molecular complexity index is 1030. The maximum absolute atomic E-state index is 13.0. The van der Waals surface area contributed by atoms with Crippen LogP contribution >= 0.6 is 31.9 Å². The fourth-order valence-corrected chi connectivity index (χ4v) is 7.07. The smallest absolute Gasteiger partial charge is 0.329 e. The summed E-state index contributed by atoms with van der Waals surface area (Å²) < 4.78 is 5.03. The number of halogens is 2. The second kappa shape index (κ2) is 8.79. The summed E-state index contributed by atoms with van der Waals surface area (Å²) in [5.74, 6) is -3.17. The third kappa shape index (κ3) is 3.96. The zero-order valence-electron chi connectivity index (χ0n) is 17.7. The molecule has 3 fully saturated rings. The molecule has 0 unspecified atom stereocenters. The molecule has 0 spiro atoms. The highest BCUT2D eigenvalue weighted by molar-refractivity contribution is 9.12. The summed E-state index contributed by atoms with van der Waals surface area (Å²) in [7, 11) is 0. The summed E-state index contributed by atoms with van der Waals surface area (Å²) >= 11 is 7.22. The Morgan fingerprint density at radius 3 is 2.33 bits per heavy atom. The van der Waals surface area contributed by atoms with E-state index in [0.29, 0.717) is 5.56 Å². The van der Waals surface area contributed by atoms with Crippen LogP contribution in [0.15, 0.2) is 18.2 Å². The van der Waals surface area contributed by atoms with Gasteiger partial charge in [-0.15, -0.1) is 0 Å². The van der Waals surface area contributed by atoms with E-state index in [1.54, 1.807) is 6.92 Å². The van der Waals surface area contributed by atoms with E-state index in [1.165, 1.54) is 25.1 Å². The van der Waals surface area contributed by atoms with Crippen molar-refractivity contribution in [3.63, 3.8) is 0 Å². The number of ether oxygens (including phenoxy) is 1. The number of imide groups is 1. The number of carbonyl (C=O) groups is 4. The Balaban J connectivity index is 1.36. The molecule has 1 saturated heterocycles. The maximum Gasteiger partial charge on any atom is 0.329 e. The number of nitro groups is 1. The van der Waals surface area contributed by atoms with Crippen molar-refractivity contribution in [3.05, 3.63) is 33.9 Å². The molecule has 2 aliphatic carbocycles. The molecule has 0 radical (unpaired) electrons. The molecule has 176 valence electrons. The zero-order chi connectivity index (χ0) is 24.2. The van der Waals surface area contributed by atoms with Gasteiger partial charge in [0.05, 0.1) is 16.8 Å². The summed E-state index contributed by atoms with van der Waals surface area (Å²) in [6.07, 6.45) is 0.780. The molecule has 3 amide bonds. The number of nitro benzene ring substituents is 1. The fourth-order valence-electron chi connectivity index (χ4n) is 5.20. The molecule has 1 N–H and O–H groups in total. The maximum atomic E-state index is 13.0. The molecule has 3 aliphatic rings. The van der Waals surface area contributed by atoms with E-state index < -0.39 is 41.3 Å². The predicted octanol–water partition coefficient (Wildman–Crippen LogP) is 2.55. The molecule has 7 atom stereocenters. The lowest BCUT2D eigenvalue weighted by atomic mass is 9.81. The summed E-state index contributed by atoms with van der Waals surface area (Å²) in [4.78, 5) is 62.3. The van der Waals surface area contributed by atoms with Crippen molar-refractivity contribution in [2.24, 2.45) is 23.7 Å². The number of likely N-dealkylation sites (tertiary alicyclic amines) is 1. The molecule has 1 aromatic carbocycles. The number of aryl methyl sites for hydroxylation is 1. The average Bonchev–Trinajstić information content (AvgIpc) is 3.37. The number of esters is 1. The van der Waals surface area contributed by atoms with Gasteiger partial charge < -0.3 is 10.1 Å². The molecule has 1 aromatic rings. The van der Waals surface area contributed by atoms with Crippen LogP contribution in [-0.2, 0) is 23.9 Å². The first-order chi connectivity index (χ1) is 15.5. The van der Waals surface area contributed by atoms with Gasteiger partial charge in [-0.3, -0.25) is 29.4 Å². The lowest BCUT2D eigenvalue weighted by molar-refractivity contribution is -0.385. The quantitative estimate of drug-likeness (QED) is 0.178. The minimum absolute atomic E-state index is 0.0263. The largest absolute Gasteiger partial charge is 0.454 e. The van der Waals surface area contributed by atoms with Gasteiger partial charge in [-0.2, -0.15) is 0 Å². The Labute approximate surface area is 205 Å². The SMILES string of the molecule is Cc1ccc(NC(=O)COC(=O)[C@H](C)N2C(=O)[C@@H]3[C@H]4C[C@@H]([C@H](Br)[C@@H]4Br)[C@@H]3C2=O)cc1[N+](=O)[O-]. The molecule has 2 bridgehead atoms. The minimum Gasteiger partial charge on any atom is -0.454 e. The van der Waals surface area contributed by atoms with Gasteiger partial charge in [0.1, 0.15) is 6.04 Å². The van der Waals surface area contributed by atoms with Crippen LogP contribution in [0.25, 0.3) is 0 Å². The van der Waals surface area contributed by atoms with Gasteiger partial charge in [0.25, 0.3) is 11.6 Å². The summed E-state index contributed by atoms with van der Waals surface area (Å²) in [6, 6.07) is 3.03. The zero-order valence-corrected chi connectivity index (χ0v) is 20.9. The number of anilines is 1. The first-order valence-corrected chi connectivity index (χ1v) is 12.2. The van der Waals surface area contributed by atoms with Crippen LogP contribution in [0.3, 0.4) is 0 Å². The molecule has 4 rings (SSSR count). The van der Waals surface area contributed by atoms with Crippen LogP contribution in [0.1, 0.15) is 18.9 Å². The molecule has 10 nitrogen and oxygen atoms in total. The van der Waals surface area contributed by atoms with Crippen molar-refractivity contribution in [1.82, 2.24) is 4.90 Å². The number of rotatable bonds is 6. The van der Waals surface area contributed by atoms with Gasteiger partial charge in [-0.05, 0) is 38.2 Å². The topological polar surface area (TPSA) is 136 Å². The second-order valence-corrected chi connectivity index (χ2v) is 10.8. The molecule has 12 heteroatoms. The van der Waals surface area contributed by atoms with Gasteiger partial charge >= 0.3 is 5.97 Å². The van der Waals surface area contributed by atoms with Crippen molar-refractivity contribution in [2.75, 3.05) is 11.9 Å². The first-order valence-electron chi connectivity index (χ1n) is 10.4. The Kier molecular flexibility index (Phi) is 6.34. The normalized spacial score (nSPS) is 30.8. The number of nitrogens with zero attached hydrogens (tertiary/aromatic N) is 2. The highest BCUT2D eigenvalue weighted by atomic mass is 79.9. The predicted molar refractivity (Wildman–Crippen MR) is 123 cm³/mol. The van der Waals surface area contributed by atoms with E-state index in [9.17, 15) is 29.3 Å². The molecular formula is C21H21Br2N3O7. The standard InChI is InChI=1S/C21H21Br2N3O7/c1-8-3-4-10(5-13(8)26(31)32)24-14(27)7-33-21(30)9(2)25-19(28)15-11-6-12(16(15)20(25)29)18(23)17(11)22/h3-5,9,11-12,15-18H,6-7H2,1-2H3,(H,24,27)/t9-,11+,12+,15-,16+,17-,18+/m0/s1. The highest BCUT2D eigenvalue weighted by Crippen LogP contribution is 2.60. The molecule has 2 saturated carbocycles. The van der Waals surface area contributed by atoms with Gasteiger partial charge in [0, 0.05) is 27.0 Å². The van der Waals surface area contributed by atoms with Gasteiger partial charge in [0.15, 0.2) is 6.61 Å². The molecule has 0 aromatic heterocycles. The number of hydrogen-bond donors (Lipinski definition) is 1. The number of benzene rings is 1. The first kappa shape index (κ1) is 23.8. The third-order valence-electron chi connectivity index (χ3n) is 6.78. The number of amides is 3. The van der Waals surface area contributed by atoms with Gasteiger partial charge in [-0.1, -0.05) is 37.9 Å². The van der Waals surface area contributed by atoms with Crippen LogP contribution in [0.5, 0.6) is 0 Å². The number of carbonyl (C=O) groups excluding carboxylic acids is 4. The van der Waals surface area contributed by atoms with Crippen LogP contribution in [0, 0.1) is 40.7 Å². The van der Waals surface area contributed by atoms with Crippen LogP contribution < -0.4 is 5.32 Å². The Hall–Kier alpha value is -2.34. The van der Waals surface area contributed by atoms with Crippen molar-refractivity contribution in [3.8, 4) is 0 Å². The van der Waals surface area contributed by atoms with E-state index in [2.05, 4.69) is 37.2 Å². The van der Waals surface area contributed by atoms with Crippen molar-refractivity contribution >= 4 is 66.9 Å². The monoisotopic (exact) mass is 585 g/mol. The van der Waals surface area contributed by atoms with E-state index in [1.807, 2.05) is 0 Å². The average molecular weight is 587 g/mol. The van der Waals surface area contributed by atoms with Crippen molar-refractivity contribution < 1.29 is 28.8 Å². The van der Waals surface area contributed by atoms with Crippen LogP contribution in [0.4, 0.5) is 11.4 Å². The fraction of sp³-hybridized carbons (Fsp3) is 0.524. The lowest BCUT2D eigenvalue weighted by Gasteiger charge is -2.28. The number of fused-ring (bicyclic) bond motifs is 5. The molecular weight excluding hydrogens is 566 g/mol. The molecule has 1 heterocycles. The summed E-state index contributed by atoms with van der Waals surface area (Å²) in [6.45, 7) is 2.31. The number of hydrogen-bond acceptors (Lipinski definition) is 7. The minimum atomic E-state index is -1.16. The molecule has 33 heavy (non-hydrogen) atoms. The van der Waals surface area contributed by atoms with Crippen molar-refractivity contribution in [1.29, 1.82) is 0 Å². The van der Waals surface area contributed by atoms with Gasteiger partial charge in [-0.25, -0.2) is 4.79 Å². The summed E-state index contributed by atoms with van der Waals surface area (Å²) in [5, 5.41) is 13.5. The number of nitrogens with one attached hydrogen (secondary N) is 1. The third-order valence-corrected chi connectivity index (χ3v) is 9.99. The van der Waals surface area contributed by atoms with Crippen LogP contribution in [-0.4, -0.2) is 55.8 Å². The second-order valence-electron chi connectivity index (χ2n) is 8.64. The van der Waals surface area contributed by atoms with E-state index in [0.717, 1.165) is 11.3 Å². The Morgan fingerprint density at radius 1 is 1.21 bits per heavy atom.